The van der Waals surface area contributed by atoms with Crippen molar-refractivity contribution < 1.29 is 18.3 Å². The number of ether oxygens (including phenoxy) is 2. The van der Waals surface area contributed by atoms with E-state index in [9.17, 15) is 8.78 Å². The van der Waals surface area contributed by atoms with Crippen LogP contribution in [0.3, 0.4) is 0 Å². The first-order valence-corrected chi connectivity index (χ1v) is 12.6. The van der Waals surface area contributed by atoms with E-state index in [-0.39, 0.29) is 12.2 Å². The normalized spacial score (nSPS) is 21.3. The van der Waals surface area contributed by atoms with Crippen molar-refractivity contribution in [2.24, 2.45) is 11.5 Å². The molecule has 0 bridgehead atoms. The van der Waals surface area contributed by atoms with Gasteiger partial charge in [0.05, 0.1) is 24.0 Å². The lowest BCUT2D eigenvalue weighted by molar-refractivity contribution is 0.0753. The number of hydrogen-bond donors (Lipinski definition) is 2. The van der Waals surface area contributed by atoms with E-state index in [0.717, 1.165) is 37.3 Å². The van der Waals surface area contributed by atoms with E-state index >= 15 is 0 Å². The molecule has 3 heterocycles. The Kier molecular flexibility index (Phi) is 7.33. The molecular weight excluding hydrogens is 492 g/mol. The zero-order chi connectivity index (χ0) is 26.9. The minimum absolute atomic E-state index is 0.179. The van der Waals surface area contributed by atoms with Gasteiger partial charge in [0.15, 0.2) is 5.82 Å². The zero-order valence-electron chi connectivity index (χ0n) is 21.6. The Balaban J connectivity index is 1.39. The van der Waals surface area contributed by atoms with Crippen molar-refractivity contribution in [2.45, 2.75) is 18.5 Å². The SMILES string of the molecule is COC1=CC(OCCN2CCN(C)CC2)=C(N)CC1(N)c1nccc(-c2cn(C(F)F)c3ccccc23)n1. The van der Waals surface area contributed by atoms with Crippen molar-refractivity contribution in [3.63, 3.8) is 0 Å². The number of alkyl halides is 2. The summed E-state index contributed by atoms with van der Waals surface area (Å²) in [4.78, 5) is 13.8. The number of aromatic nitrogens is 3. The third kappa shape index (κ3) is 4.96. The fourth-order valence-corrected chi connectivity index (χ4v) is 5.03. The van der Waals surface area contributed by atoms with Crippen molar-refractivity contribution in [3.8, 4) is 11.3 Å². The Labute approximate surface area is 220 Å². The van der Waals surface area contributed by atoms with Crippen LogP contribution >= 0.6 is 0 Å². The number of likely N-dealkylation sites (N-methyl/N-ethyl adjacent to an activating group) is 1. The van der Waals surface area contributed by atoms with Crippen molar-refractivity contribution in [1.29, 1.82) is 0 Å². The number of fused-ring (bicyclic) bond motifs is 1. The summed E-state index contributed by atoms with van der Waals surface area (Å²) in [5.41, 5.74) is 13.9. The third-order valence-electron chi connectivity index (χ3n) is 7.25. The molecule has 4 N–H and O–H groups in total. The van der Waals surface area contributed by atoms with E-state index in [4.69, 9.17) is 25.9 Å². The topological polar surface area (TPSA) is 108 Å². The Hall–Kier alpha value is -3.54. The zero-order valence-corrected chi connectivity index (χ0v) is 21.6. The van der Waals surface area contributed by atoms with E-state index in [0.29, 0.717) is 46.0 Å². The van der Waals surface area contributed by atoms with E-state index in [2.05, 4.69) is 21.8 Å². The highest BCUT2D eigenvalue weighted by molar-refractivity contribution is 5.95. The Morgan fingerprint density at radius 3 is 2.63 bits per heavy atom. The largest absolute Gasteiger partial charge is 0.498 e. The van der Waals surface area contributed by atoms with Crippen LogP contribution in [0, 0.1) is 0 Å². The summed E-state index contributed by atoms with van der Waals surface area (Å²) in [5, 5.41) is 0.658. The van der Waals surface area contributed by atoms with Crippen molar-refractivity contribution >= 4 is 10.9 Å². The van der Waals surface area contributed by atoms with Crippen LogP contribution in [0.2, 0.25) is 0 Å². The highest BCUT2D eigenvalue weighted by Crippen LogP contribution is 2.38. The average molecular weight is 526 g/mol. The average Bonchev–Trinajstić information content (AvgIpc) is 3.31. The molecule has 0 spiro atoms. The van der Waals surface area contributed by atoms with E-state index in [1.54, 1.807) is 42.6 Å². The van der Waals surface area contributed by atoms with Gasteiger partial charge in [-0.15, -0.1) is 0 Å². The second kappa shape index (κ2) is 10.7. The number of allylic oxidation sites excluding steroid dienone is 1. The van der Waals surface area contributed by atoms with Crippen LogP contribution in [-0.2, 0) is 15.0 Å². The number of para-hydroxylation sites is 1. The Morgan fingerprint density at radius 2 is 1.89 bits per heavy atom. The summed E-state index contributed by atoms with van der Waals surface area (Å²) >= 11 is 0. The Bertz CT molecular complexity index is 1360. The van der Waals surface area contributed by atoms with Gasteiger partial charge < -0.3 is 25.8 Å². The molecule has 1 aromatic carbocycles. The van der Waals surface area contributed by atoms with Crippen molar-refractivity contribution in [2.75, 3.05) is 53.5 Å². The maximum Gasteiger partial charge on any atom is 0.319 e. The van der Waals surface area contributed by atoms with Gasteiger partial charge in [-0.05, 0) is 19.2 Å². The number of nitrogens with two attached hydrogens (primary N) is 2. The molecule has 2 aromatic heterocycles. The molecule has 2 aliphatic rings. The molecule has 3 aromatic rings. The second-order valence-corrected chi connectivity index (χ2v) is 9.75. The minimum Gasteiger partial charge on any atom is -0.498 e. The third-order valence-corrected chi connectivity index (χ3v) is 7.25. The quantitative estimate of drug-likeness (QED) is 0.462. The molecule has 1 atom stereocenters. The van der Waals surface area contributed by atoms with Gasteiger partial charge in [-0.2, -0.15) is 8.78 Å². The summed E-state index contributed by atoms with van der Waals surface area (Å²) in [6.45, 7) is 2.69. The molecular formula is C27H33F2N7O2. The standard InChI is InChI=1S/C27H33F2N7O2/c1-34-9-11-35(12-10-34)13-14-38-23-15-24(37-2)27(31,16-20(23)30)25-32-8-7-21(33-25)19-17-36(26(28)29)22-6-4-3-5-18(19)22/h3-8,15,17,26H,9-14,16,30-31H2,1-2H3. The molecule has 5 rings (SSSR count). The molecule has 11 heteroatoms. The van der Waals surface area contributed by atoms with Crippen LogP contribution in [0.1, 0.15) is 18.8 Å². The fraction of sp³-hybridized carbons (Fsp3) is 0.407. The number of rotatable bonds is 8. The number of benzene rings is 1. The summed E-state index contributed by atoms with van der Waals surface area (Å²) in [5.74, 6) is 1.21. The van der Waals surface area contributed by atoms with Crippen LogP contribution in [0.4, 0.5) is 8.78 Å². The predicted molar refractivity (Wildman–Crippen MR) is 141 cm³/mol. The summed E-state index contributed by atoms with van der Waals surface area (Å²) in [7, 11) is 3.65. The lowest BCUT2D eigenvalue weighted by Crippen LogP contribution is -2.46. The van der Waals surface area contributed by atoms with Gasteiger partial charge in [-0.25, -0.2) is 9.97 Å². The second-order valence-electron chi connectivity index (χ2n) is 9.75. The molecule has 202 valence electrons. The van der Waals surface area contributed by atoms with E-state index in [1.165, 1.54) is 13.3 Å². The lowest BCUT2D eigenvalue weighted by atomic mass is 9.86. The van der Waals surface area contributed by atoms with Crippen molar-refractivity contribution in [1.82, 2.24) is 24.3 Å². The van der Waals surface area contributed by atoms with Gasteiger partial charge >= 0.3 is 6.55 Å². The summed E-state index contributed by atoms with van der Waals surface area (Å²) in [6.07, 6.45) is 4.84. The molecule has 9 nitrogen and oxygen atoms in total. The van der Waals surface area contributed by atoms with Crippen LogP contribution in [0.25, 0.3) is 22.2 Å². The van der Waals surface area contributed by atoms with Gasteiger partial charge in [-0.1, -0.05) is 18.2 Å². The summed E-state index contributed by atoms with van der Waals surface area (Å²) in [6, 6.07) is 8.65. The molecule has 1 saturated heterocycles. The number of methoxy groups -OCH3 is 1. The number of hydrogen-bond acceptors (Lipinski definition) is 8. The first-order chi connectivity index (χ1) is 18.3. The lowest BCUT2D eigenvalue weighted by Gasteiger charge is -2.34. The molecule has 1 aliphatic carbocycles. The van der Waals surface area contributed by atoms with E-state index < -0.39 is 12.1 Å². The van der Waals surface area contributed by atoms with Crippen LogP contribution in [0.15, 0.2) is 66.0 Å². The maximum absolute atomic E-state index is 13.7. The number of piperazine rings is 1. The number of nitrogens with zero attached hydrogens (tertiary/aromatic N) is 5. The highest BCUT2D eigenvalue weighted by atomic mass is 19.3. The van der Waals surface area contributed by atoms with Crippen molar-refractivity contribution in [3.05, 3.63) is 71.8 Å². The van der Waals surface area contributed by atoms with Gasteiger partial charge in [0.2, 0.25) is 0 Å². The first kappa shape index (κ1) is 26.1. The molecule has 1 aliphatic heterocycles. The van der Waals surface area contributed by atoms with Gasteiger partial charge in [0, 0.05) is 68.6 Å². The van der Waals surface area contributed by atoms with Gasteiger partial charge in [0.25, 0.3) is 0 Å². The smallest absolute Gasteiger partial charge is 0.319 e. The first-order valence-electron chi connectivity index (χ1n) is 12.6. The highest BCUT2D eigenvalue weighted by Gasteiger charge is 2.41. The predicted octanol–water partition coefficient (Wildman–Crippen LogP) is 3.02. The van der Waals surface area contributed by atoms with Crippen LogP contribution in [0.5, 0.6) is 0 Å². The maximum atomic E-state index is 13.7. The summed E-state index contributed by atoms with van der Waals surface area (Å²) < 4.78 is 40.0. The van der Waals surface area contributed by atoms with Crippen LogP contribution < -0.4 is 11.5 Å². The monoisotopic (exact) mass is 525 g/mol. The van der Waals surface area contributed by atoms with Crippen LogP contribution in [-0.4, -0.2) is 77.8 Å². The van der Waals surface area contributed by atoms with E-state index in [1.807, 2.05) is 0 Å². The minimum atomic E-state index is -2.68. The van der Waals surface area contributed by atoms with Gasteiger partial charge in [-0.3, -0.25) is 9.47 Å². The molecule has 0 amide bonds. The Morgan fingerprint density at radius 1 is 1.13 bits per heavy atom. The fourth-order valence-electron chi connectivity index (χ4n) is 5.03. The van der Waals surface area contributed by atoms with Gasteiger partial charge in [0.1, 0.15) is 23.7 Å². The molecule has 0 radical (unpaired) electrons. The molecule has 0 saturated carbocycles. The molecule has 1 fully saturated rings. The molecule has 38 heavy (non-hydrogen) atoms. The molecule has 1 unspecified atom stereocenters. The number of halogens is 2.